The first-order chi connectivity index (χ1) is 7.09. The lowest BCUT2D eigenvalue weighted by Gasteiger charge is -1.97. The zero-order valence-corrected chi connectivity index (χ0v) is 9.06. The second kappa shape index (κ2) is 3.71. The molecule has 0 atom stereocenters. The number of halogens is 1. The van der Waals surface area contributed by atoms with Gasteiger partial charge in [-0.3, -0.25) is 0 Å². The molecule has 0 aliphatic carbocycles. The molecule has 0 amide bonds. The van der Waals surface area contributed by atoms with Crippen molar-refractivity contribution in [1.82, 2.24) is 4.37 Å². The Balaban J connectivity index is 2.61. The Morgan fingerprint density at radius 3 is 2.47 bits per heavy atom. The van der Waals surface area contributed by atoms with Crippen LogP contribution in [0.5, 0.6) is 0 Å². The molecule has 0 saturated carbocycles. The lowest BCUT2D eigenvalue weighted by molar-refractivity contribution is 0.552. The van der Waals surface area contributed by atoms with Crippen LogP contribution in [0.15, 0.2) is 40.6 Å². The predicted octanol–water partition coefficient (Wildman–Crippen LogP) is 2.47. The number of hydrogen-bond donors (Lipinski definition) is 0. The second-order valence-electron chi connectivity index (χ2n) is 2.83. The smallest absolute Gasteiger partial charge is 0.191 e. The summed E-state index contributed by atoms with van der Waals surface area (Å²) < 4.78 is 38.3. The van der Waals surface area contributed by atoms with Gasteiger partial charge < -0.3 is 0 Å². The van der Waals surface area contributed by atoms with Crippen LogP contribution in [0.25, 0.3) is 11.3 Å². The highest BCUT2D eigenvalue weighted by molar-refractivity contribution is 7.86. The van der Waals surface area contributed by atoms with Crippen molar-refractivity contribution in [3.05, 3.63) is 35.7 Å². The molecular weight excluding hydrogens is 237 g/mol. The molecule has 1 heterocycles. The molecule has 0 fully saturated rings. The Morgan fingerprint density at radius 2 is 1.87 bits per heavy atom. The Hall–Kier alpha value is -1.27. The van der Waals surface area contributed by atoms with Crippen molar-refractivity contribution in [2.75, 3.05) is 0 Å². The van der Waals surface area contributed by atoms with Crippen molar-refractivity contribution in [2.45, 2.75) is 4.90 Å². The number of benzene rings is 1. The molecule has 6 heteroatoms. The second-order valence-corrected chi connectivity index (χ2v) is 4.78. The molecule has 0 saturated heterocycles. The first-order valence-electron chi connectivity index (χ1n) is 4.03. The molecule has 2 rings (SSSR count). The fourth-order valence-corrected chi connectivity index (χ4v) is 2.80. The summed E-state index contributed by atoms with van der Waals surface area (Å²) in [6.07, 6.45) is 0. The van der Waals surface area contributed by atoms with Crippen molar-refractivity contribution in [3.63, 3.8) is 0 Å². The average Bonchev–Trinajstić information content (AvgIpc) is 2.67. The highest BCUT2D eigenvalue weighted by atomic mass is 32.3. The van der Waals surface area contributed by atoms with Gasteiger partial charge in [0.15, 0.2) is 0 Å². The van der Waals surface area contributed by atoms with E-state index >= 15 is 0 Å². The molecule has 0 radical (unpaired) electrons. The molecule has 15 heavy (non-hydrogen) atoms. The third kappa shape index (κ3) is 2.05. The van der Waals surface area contributed by atoms with Gasteiger partial charge in [-0.05, 0) is 11.5 Å². The minimum absolute atomic E-state index is 0.170. The average molecular weight is 243 g/mol. The SMILES string of the molecule is O=S(=O)(F)c1csnc1-c1ccccc1. The summed E-state index contributed by atoms with van der Waals surface area (Å²) in [5.41, 5.74) is 0.762. The largest absolute Gasteiger partial charge is 0.335 e. The minimum Gasteiger partial charge on any atom is -0.191 e. The van der Waals surface area contributed by atoms with E-state index in [0.29, 0.717) is 5.56 Å². The zero-order valence-electron chi connectivity index (χ0n) is 7.42. The fraction of sp³-hybridized carbons (Fsp3) is 0. The first-order valence-corrected chi connectivity index (χ1v) is 6.25. The summed E-state index contributed by atoms with van der Waals surface area (Å²) in [5.74, 6) is 0. The maximum absolute atomic E-state index is 12.8. The van der Waals surface area contributed by atoms with E-state index < -0.39 is 10.2 Å². The van der Waals surface area contributed by atoms with Crippen LogP contribution in [0.2, 0.25) is 0 Å². The van der Waals surface area contributed by atoms with Crippen LogP contribution in [0.1, 0.15) is 0 Å². The highest BCUT2D eigenvalue weighted by Crippen LogP contribution is 2.28. The Labute approximate surface area is 90.6 Å². The molecule has 0 aliphatic heterocycles. The van der Waals surface area contributed by atoms with E-state index in [0.717, 1.165) is 11.5 Å². The number of nitrogens with zero attached hydrogens (tertiary/aromatic N) is 1. The molecule has 1 aromatic carbocycles. The summed E-state index contributed by atoms with van der Waals surface area (Å²) >= 11 is 0.919. The van der Waals surface area contributed by atoms with Gasteiger partial charge in [0.1, 0.15) is 10.6 Å². The Kier molecular flexibility index (Phi) is 2.54. The van der Waals surface area contributed by atoms with Gasteiger partial charge in [-0.2, -0.15) is 12.8 Å². The lowest BCUT2D eigenvalue weighted by atomic mass is 10.2. The first kappa shape index (κ1) is 10.3. The van der Waals surface area contributed by atoms with E-state index in [2.05, 4.69) is 4.37 Å². The van der Waals surface area contributed by atoms with Crippen LogP contribution in [-0.4, -0.2) is 12.8 Å². The monoisotopic (exact) mass is 243 g/mol. The topological polar surface area (TPSA) is 47.0 Å². The normalized spacial score (nSPS) is 11.5. The molecule has 0 aliphatic rings. The van der Waals surface area contributed by atoms with Gasteiger partial charge in [0.25, 0.3) is 0 Å². The summed E-state index contributed by atoms with van der Waals surface area (Å²) in [6.45, 7) is 0. The Bertz CT molecular complexity index is 563. The molecule has 0 N–H and O–H groups in total. The van der Waals surface area contributed by atoms with E-state index in [1.54, 1.807) is 30.3 Å². The molecular formula is C9H6FNO2S2. The predicted molar refractivity (Wildman–Crippen MR) is 55.8 cm³/mol. The lowest BCUT2D eigenvalue weighted by Crippen LogP contribution is -1.92. The fourth-order valence-electron chi connectivity index (χ4n) is 1.19. The molecule has 0 spiro atoms. The van der Waals surface area contributed by atoms with Crippen LogP contribution >= 0.6 is 11.5 Å². The summed E-state index contributed by atoms with van der Waals surface area (Å²) in [4.78, 5) is -0.362. The van der Waals surface area contributed by atoms with Crippen LogP contribution in [0, 0.1) is 0 Å². The van der Waals surface area contributed by atoms with Crippen molar-refractivity contribution >= 4 is 21.8 Å². The molecule has 0 unspecified atom stereocenters. The number of hydrogen-bond acceptors (Lipinski definition) is 4. The van der Waals surface area contributed by atoms with Crippen LogP contribution in [-0.2, 0) is 10.2 Å². The van der Waals surface area contributed by atoms with E-state index in [1.807, 2.05) is 0 Å². The third-order valence-electron chi connectivity index (χ3n) is 1.85. The summed E-state index contributed by atoms with van der Waals surface area (Å²) in [5, 5.41) is 1.19. The van der Waals surface area contributed by atoms with E-state index in [9.17, 15) is 12.3 Å². The van der Waals surface area contributed by atoms with Gasteiger partial charge in [-0.25, -0.2) is 0 Å². The van der Waals surface area contributed by atoms with Crippen molar-refractivity contribution in [2.24, 2.45) is 0 Å². The Morgan fingerprint density at radius 1 is 1.20 bits per heavy atom. The summed E-state index contributed by atoms with van der Waals surface area (Å²) in [7, 11) is -4.69. The standard InChI is InChI=1S/C9H6FNO2S2/c10-15(12,13)8-6-14-11-9(8)7-4-2-1-3-5-7/h1-6H. The number of aromatic nitrogens is 1. The summed E-state index contributed by atoms with van der Waals surface area (Å²) in [6, 6.07) is 8.64. The maximum Gasteiger partial charge on any atom is 0.335 e. The van der Waals surface area contributed by atoms with E-state index in [4.69, 9.17) is 0 Å². The zero-order chi connectivity index (χ0) is 10.9. The van der Waals surface area contributed by atoms with Crippen molar-refractivity contribution in [3.8, 4) is 11.3 Å². The molecule has 3 nitrogen and oxygen atoms in total. The van der Waals surface area contributed by atoms with Crippen LogP contribution in [0.3, 0.4) is 0 Å². The van der Waals surface area contributed by atoms with Gasteiger partial charge >= 0.3 is 10.2 Å². The van der Waals surface area contributed by atoms with E-state index in [-0.39, 0.29) is 10.6 Å². The number of rotatable bonds is 2. The van der Waals surface area contributed by atoms with Gasteiger partial charge in [-0.15, -0.1) is 3.89 Å². The highest BCUT2D eigenvalue weighted by Gasteiger charge is 2.20. The third-order valence-corrected chi connectivity index (χ3v) is 3.46. The molecule has 2 aromatic rings. The van der Waals surface area contributed by atoms with Crippen LogP contribution in [0.4, 0.5) is 3.89 Å². The minimum atomic E-state index is -4.69. The maximum atomic E-state index is 12.8. The molecule has 78 valence electrons. The van der Waals surface area contributed by atoms with Crippen molar-refractivity contribution in [1.29, 1.82) is 0 Å². The molecule has 0 bridgehead atoms. The molecule has 1 aromatic heterocycles. The van der Waals surface area contributed by atoms with Gasteiger partial charge in [-0.1, -0.05) is 30.3 Å². The van der Waals surface area contributed by atoms with Gasteiger partial charge in [0, 0.05) is 10.9 Å². The van der Waals surface area contributed by atoms with Gasteiger partial charge in [0.05, 0.1) is 0 Å². The van der Waals surface area contributed by atoms with Crippen molar-refractivity contribution < 1.29 is 12.3 Å². The quantitative estimate of drug-likeness (QED) is 0.761. The van der Waals surface area contributed by atoms with Crippen LogP contribution < -0.4 is 0 Å². The van der Waals surface area contributed by atoms with E-state index in [1.165, 1.54) is 5.38 Å². The van der Waals surface area contributed by atoms with Gasteiger partial charge in [0.2, 0.25) is 0 Å².